The molecule has 2 nitrogen and oxygen atoms in total. The van der Waals surface area contributed by atoms with Crippen molar-refractivity contribution in [1.82, 2.24) is 0 Å². The first-order chi connectivity index (χ1) is 5.13. The van der Waals surface area contributed by atoms with Crippen molar-refractivity contribution in [2.24, 2.45) is 5.92 Å². The van der Waals surface area contributed by atoms with Crippen LogP contribution in [0.5, 0.6) is 0 Å². The number of rotatable bonds is 5. The molecule has 0 bridgehead atoms. The summed E-state index contributed by atoms with van der Waals surface area (Å²) in [6.07, 6.45) is 1.82. The Kier molecular flexibility index (Phi) is 5.51. The highest BCUT2D eigenvalue weighted by Crippen LogP contribution is 2.14. The average molecular weight is 160 g/mol. The van der Waals surface area contributed by atoms with E-state index in [2.05, 4.69) is 13.8 Å². The van der Waals surface area contributed by atoms with Gasteiger partial charge in [0.05, 0.1) is 12.2 Å². The highest BCUT2D eigenvalue weighted by Gasteiger charge is 2.19. The van der Waals surface area contributed by atoms with Gasteiger partial charge in [-0.3, -0.25) is 0 Å². The SMILES string of the molecule is CCCC(C)C(O)C(C)OC. The Morgan fingerprint density at radius 1 is 1.36 bits per heavy atom. The van der Waals surface area contributed by atoms with E-state index in [1.54, 1.807) is 7.11 Å². The van der Waals surface area contributed by atoms with Gasteiger partial charge in [0.1, 0.15) is 0 Å². The lowest BCUT2D eigenvalue weighted by Crippen LogP contribution is -2.31. The van der Waals surface area contributed by atoms with Crippen LogP contribution in [0.1, 0.15) is 33.6 Å². The molecule has 1 N–H and O–H groups in total. The van der Waals surface area contributed by atoms with E-state index in [1.807, 2.05) is 6.92 Å². The van der Waals surface area contributed by atoms with Crippen molar-refractivity contribution in [1.29, 1.82) is 0 Å². The standard InChI is InChI=1S/C9H20O2/c1-5-6-7(2)9(10)8(3)11-4/h7-10H,5-6H2,1-4H3. The molecular weight excluding hydrogens is 140 g/mol. The van der Waals surface area contributed by atoms with E-state index >= 15 is 0 Å². The van der Waals surface area contributed by atoms with Crippen LogP contribution in [0, 0.1) is 5.92 Å². The van der Waals surface area contributed by atoms with Gasteiger partial charge in [0.2, 0.25) is 0 Å². The van der Waals surface area contributed by atoms with Crippen LogP contribution in [0.4, 0.5) is 0 Å². The van der Waals surface area contributed by atoms with Crippen molar-refractivity contribution < 1.29 is 9.84 Å². The summed E-state index contributed by atoms with van der Waals surface area (Å²) in [6.45, 7) is 6.08. The van der Waals surface area contributed by atoms with Gasteiger partial charge in [-0.1, -0.05) is 20.3 Å². The number of hydrogen-bond acceptors (Lipinski definition) is 2. The maximum absolute atomic E-state index is 9.59. The zero-order chi connectivity index (χ0) is 8.85. The van der Waals surface area contributed by atoms with Crippen molar-refractivity contribution >= 4 is 0 Å². The Morgan fingerprint density at radius 3 is 2.27 bits per heavy atom. The van der Waals surface area contributed by atoms with E-state index in [0.717, 1.165) is 12.8 Å². The van der Waals surface area contributed by atoms with Gasteiger partial charge in [-0.2, -0.15) is 0 Å². The Bertz CT molecular complexity index is 93.6. The Labute approximate surface area is 69.6 Å². The second-order valence-electron chi connectivity index (χ2n) is 3.20. The Balaban J connectivity index is 3.70. The molecule has 0 aliphatic heterocycles. The van der Waals surface area contributed by atoms with Crippen molar-refractivity contribution in [3.05, 3.63) is 0 Å². The minimum absolute atomic E-state index is 0.0449. The topological polar surface area (TPSA) is 29.5 Å². The molecule has 0 saturated carbocycles. The second kappa shape index (κ2) is 5.56. The molecule has 0 heterocycles. The van der Waals surface area contributed by atoms with Crippen LogP contribution in [0.2, 0.25) is 0 Å². The minimum atomic E-state index is -0.319. The van der Waals surface area contributed by atoms with Gasteiger partial charge in [-0.25, -0.2) is 0 Å². The lowest BCUT2D eigenvalue weighted by molar-refractivity contribution is -0.0292. The summed E-state index contributed by atoms with van der Waals surface area (Å²) in [5.74, 6) is 0.343. The Hall–Kier alpha value is -0.0800. The van der Waals surface area contributed by atoms with Gasteiger partial charge in [0.15, 0.2) is 0 Å². The molecule has 3 unspecified atom stereocenters. The molecule has 0 fully saturated rings. The normalized spacial score (nSPS) is 19.4. The third kappa shape index (κ3) is 3.73. The molecule has 0 spiro atoms. The predicted molar refractivity (Wildman–Crippen MR) is 46.5 cm³/mol. The first kappa shape index (κ1) is 10.9. The fraction of sp³-hybridized carbons (Fsp3) is 1.00. The van der Waals surface area contributed by atoms with Crippen LogP contribution in [0.25, 0.3) is 0 Å². The molecule has 68 valence electrons. The molecule has 0 aliphatic carbocycles. The first-order valence-electron chi connectivity index (χ1n) is 4.34. The van der Waals surface area contributed by atoms with E-state index < -0.39 is 0 Å². The summed E-state index contributed by atoms with van der Waals surface area (Å²) >= 11 is 0. The van der Waals surface area contributed by atoms with Crippen molar-refractivity contribution in [2.45, 2.75) is 45.8 Å². The van der Waals surface area contributed by atoms with Crippen LogP contribution in [-0.4, -0.2) is 24.4 Å². The van der Waals surface area contributed by atoms with Crippen molar-refractivity contribution in [3.8, 4) is 0 Å². The summed E-state index contributed by atoms with van der Waals surface area (Å²) in [6, 6.07) is 0. The molecule has 0 amide bonds. The van der Waals surface area contributed by atoms with Gasteiger partial charge in [-0.05, 0) is 19.3 Å². The van der Waals surface area contributed by atoms with Crippen molar-refractivity contribution in [3.63, 3.8) is 0 Å². The maximum atomic E-state index is 9.59. The van der Waals surface area contributed by atoms with Gasteiger partial charge in [-0.15, -0.1) is 0 Å². The lowest BCUT2D eigenvalue weighted by atomic mass is 9.96. The smallest absolute Gasteiger partial charge is 0.0824 e. The summed E-state index contributed by atoms with van der Waals surface area (Å²) in [5.41, 5.74) is 0. The van der Waals surface area contributed by atoms with E-state index in [0.29, 0.717) is 5.92 Å². The van der Waals surface area contributed by atoms with E-state index in [1.165, 1.54) is 0 Å². The zero-order valence-corrected chi connectivity index (χ0v) is 8.00. The largest absolute Gasteiger partial charge is 0.390 e. The highest BCUT2D eigenvalue weighted by atomic mass is 16.5. The minimum Gasteiger partial charge on any atom is -0.390 e. The fourth-order valence-electron chi connectivity index (χ4n) is 1.23. The molecule has 0 radical (unpaired) electrons. The molecule has 11 heavy (non-hydrogen) atoms. The van der Waals surface area contributed by atoms with Gasteiger partial charge in [0, 0.05) is 7.11 Å². The third-order valence-electron chi connectivity index (χ3n) is 2.18. The number of aliphatic hydroxyl groups excluding tert-OH is 1. The first-order valence-corrected chi connectivity index (χ1v) is 4.34. The summed E-state index contributed by atoms with van der Waals surface area (Å²) in [7, 11) is 1.63. The molecular formula is C9H20O2. The molecule has 0 aromatic heterocycles. The summed E-state index contributed by atoms with van der Waals surface area (Å²) in [4.78, 5) is 0. The quantitative estimate of drug-likeness (QED) is 0.664. The van der Waals surface area contributed by atoms with E-state index in [-0.39, 0.29) is 12.2 Å². The number of methoxy groups -OCH3 is 1. The summed E-state index contributed by atoms with van der Waals surface area (Å²) in [5, 5.41) is 9.59. The molecule has 2 heteroatoms. The molecule has 0 aromatic carbocycles. The zero-order valence-electron chi connectivity index (χ0n) is 8.00. The monoisotopic (exact) mass is 160 g/mol. The molecule has 0 aliphatic rings. The molecule has 0 aromatic rings. The fourth-order valence-corrected chi connectivity index (χ4v) is 1.23. The lowest BCUT2D eigenvalue weighted by Gasteiger charge is -2.23. The average Bonchev–Trinajstić information content (AvgIpc) is 2.02. The molecule has 3 atom stereocenters. The van der Waals surface area contributed by atoms with Crippen LogP contribution < -0.4 is 0 Å². The van der Waals surface area contributed by atoms with Crippen LogP contribution in [0.3, 0.4) is 0 Å². The van der Waals surface area contributed by atoms with Gasteiger partial charge >= 0.3 is 0 Å². The molecule has 0 saturated heterocycles. The maximum Gasteiger partial charge on any atom is 0.0824 e. The van der Waals surface area contributed by atoms with Crippen LogP contribution in [-0.2, 0) is 4.74 Å². The number of hydrogen-bond donors (Lipinski definition) is 1. The van der Waals surface area contributed by atoms with E-state index in [9.17, 15) is 5.11 Å². The van der Waals surface area contributed by atoms with Gasteiger partial charge in [0.25, 0.3) is 0 Å². The van der Waals surface area contributed by atoms with Crippen LogP contribution in [0.15, 0.2) is 0 Å². The Morgan fingerprint density at radius 2 is 1.91 bits per heavy atom. The highest BCUT2D eigenvalue weighted by molar-refractivity contribution is 4.69. The summed E-state index contributed by atoms with van der Waals surface area (Å²) < 4.78 is 5.03. The predicted octanol–water partition coefficient (Wildman–Crippen LogP) is 1.82. The number of aliphatic hydroxyl groups is 1. The van der Waals surface area contributed by atoms with Crippen molar-refractivity contribution in [2.75, 3.05) is 7.11 Å². The van der Waals surface area contributed by atoms with Crippen LogP contribution >= 0.6 is 0 Å². The molecule has 0 rings (SSSR count). The van der Waals surface area contributed by atoms with Gasteiger partial charge < -0.3 is 9.84 Å². The van der Waals surface area contributed by atoms with E-state index in [4.69, 9.17) is 4.74 Å². The third-order valence-corrected chi connectivity index (χ3v) is 2.18. The second-order valence-corrected chi connectivity index (χ2v) is 3.20. The number of ether oxygens (including phenoxy) is 1.